The minimum atomic E-state index is -0.00895. The van der Waals surface area contributed by atoms with Gasteiger partial charge in [-0.1, -0.05) is 25.5 Å². The van der Waals surface area contributed by atoms with Crippen molar-refractivity contribution in [1.29, 1.82) is 0 Å². The normalized spacial score (nSPS) is 15.5. The number of aryl methyl sites for hydroxylation is 1. The Kier molecular flexibility index (Phi) is 8.95. The first-order chi connectivity index (χ1) is 15.2. The number of carbonyl (C=O) groups is 1. The van der Waals surface area contributed by atoms with Crippen molar-refractivity contribution in [3.8, 4) is 5.75 Å². The fourth-order valence-electron chi connectivity index (χ4n) is 4.08. The van der Waals surface area contributed by atoms with E-state index in [0.29, 0.717) is 6.54 Å². The molecule has 0 saturated carbocycles. The number of rotatable bonds is 11. The quantitative estimate of drug-likeness (QED) is 0.409. The molecule has 166 valence electrons. The van der Waals surface area contributed by atoms with Crippen LogP contribution in [0.25, 0.3) is 5.57 Å². The maximum Gasteiger partial charge on any atom is 0.243 e. The van der Waals surface area contributed by atoms with Crippen molar-refractivity contribution in [3.05, 3.63) is 59.3 Å². The Morgan fingerprint density at radius 1 is 1.26 bits per heavy atom. The summed E-state index contributed by atoms with van der Waals surface area (Å²) < 4.78 is 5.40. The largest absolute Gasteiger partial charge is 0.497 e. The number of aliphatic imine (C=N–C) groups is 1. The zero-order chi connectivity index (χ0) is 21.9. The molecule has 0 saturated heterocycles. The van der Waals surface area contributed by atoms with Crippen LogP contribution in [-0.2, 0) is 11.2 Å². The van der Waals surface area contributed by atoms with Gasteiger partial charge in [-0.05, 0) is 79.0 Å². The predicted molar refractivity (Wildman–Crippen MR) is 128 cm³/mol. The van der Waals surface area contributed by atoms with E-state index in [0.717, 1.165) is 63.8 Å². The fourth-order valence-corrected chi connectivity index (χ4v) is 4.08. The number of amides is 1. The van der Waals surface area contributed by atoms with Crippen LogP contribution in [0.1, 0.15) is 56.6 Å². The standard InChI is InChI=1S/C26H35N3O2/c1-3-4-8-24-21(9-10-22-19-23(31-2)12-13-25(22)24)11-14-26(30)28-16-5-6-17-29-18-7-15-27-20-29/h7,11-15,19-20H,3-6,8-10,16-18H2,1-2H3,(H,28,30)/b14-11+. The molecule has 2 aliphatic rings. The van der Waals surface area contributed by atoms with E-state index >= 15 is 0 Å². The van der Waals surface area contributed by atoms with Gasteiger partial charge in [0.1, 0.15) is 5.75 Å². The second-order valence-corrected chi connectivity index (χ2v) is 8.11. The molecule has 31 heavy (non-hydrogen) atoms. The van der Waals surface area contributed by atoms with Crippen molar-refractivity contribution >= 4 is 17.8 Å². The number of hydrogen-bond acceptors (Lipinski definition) is 4. The molecule has 5 heteroatoms. The lowest BCUT2D eigenvalue weighted by atomic mass is 9.83. The van der Waals surface area contributed by atoms with Crippen LogP contribution in [0, 0.1) is 0 Å². The van der Waals surface area contributed by atoms with Crippen LogP contribution in [0.4, 0.5) is 0 Å². The van der Waals surface area contributed by atoms with Crippen molar-refractivity contribution in [2.75, 3.05) is 26.7 Å². The Morgan fingerprint density at radius 3 is 2.94 bits per heavy atom. The highest BCUT2D eigenvalue weighted by molar-refractivity contribution is 5.89. The summed E-state index contributed by atoms with van der Waals surface area (Å²) in [6.45, 7) is 4.81. The van der Waals surface area contributed by atoms with Crippen LogP contribution in [0.5, 0.6) is 5.75 Å². The van der Waals surface area contributed by atoms with Gasteiger partial charge in [-0.25, -0.2) is 4.99 Å². The van der Waals surface area contributed by atoms with Gasteiger partial charge >= 0.3 is 0 Å². The molecule has 0 unspecified atom stereocenters. The predicted octanol–water partition coefficient (Wildman–Crippen LogP) is 4.90. The van der Waals surface area contributed by atoms with Crippen molar-refractivity contribution < 1.29 is 9.53 Å². The molecule has 0 radical (unpaired) electrons. The van der Waals surface area contributed by atoms with Gasteiger partial charge in [0, 0.05) is 31.9 Å². The van der Waals surface area contributed by atoms with E-state index in [1.807, 2.05) is 24.7 Å². The topological polar surface area (TPSA) is 53.9 Å². The minimum Gasteiger partial charge on any atom is -0.497 e. The molecule has 1 heterocycles. The highest BCUT2D eigenvalue weighted by Gasteiger charge is 2.18. The molecule has 5 nitrogen and oxygen atoms in total. The number of carbonyl (C=O) groups excluding carboxylic acids is 1. The third-order valence-electron chi connectivity index (χ3n) is 5.84. The van der Waals surface area contributed by atoms with Crippen LogP contribution in [-0.4, -0.2) is 43.9 Å². The van der Waals surface area contributed by atoms with Crippen molar-refractivity contribution in [1.82, 2.24) is 10.2 Å². The lowest BCUT2D eigenvalue weighted by Gasteiger charge is -2.23. The maximum absolute atomic E-state index is 12.3. The molecule has 1 aliphatic carbocycles. The van der Waals surface area contributed by atoms with Gasteiger partial charge in [-0.15, -0.1) is 0 Å². The first-order valence-electron chi connectivity index (χ1n) is 11.5. The number of allylic oxidation sites excluding steroid dienone is 3. The second-order valence-electron chi connectivity index (χ2n) is 8.11. The Labute approximate surface area is 186 Å². The number of unbranched alkanes of at least 4 members (excludes halogenated alkanes) is 2. The molecule has 0 spiro atoms. The summed E-state index contributed by atoms with van der Waals surface area (Å²) >= 11 is 0. The third-order valence-corrected chi connectivity index (χ3v) is 5.84. The second kappa shape index (κ2) is 12.1. The van der Waals surface area contributed by atoms with Crippen LogP contribution >= 0.6 is 0 Å². The number of hydrogen-bond donors (Lipinski definition) is 1. The SMILES string of the molecule is CCCCC1=C(/C=C/C(=O)NCCCCN2C=NC=CC2)CCc2cc(OC)ccc21. The lowest BCUT2D eigenvalue weighted by molar-refractivity contribution is -0.116. The number of benzene rings is 1. The average Bonchev–Trinajstić information content (AvgIpc) is 2.81. The van der Waals surface area contributed by atoms with Gasteiger partial charge in [0.15, 0.2) is 0 Å². The summed E-state index contributed by atoms with van der Waals surface area (Å²) in [7, 11) is 1.71. The van der Waals surface area contributed by atoms with Gasteiger partial charge in [0.25, 0.3) is 0 Å². The molecule has 1 aromatic rings. The summed E-state index contributed by atoms with van der Waals surface area (Å²) in [5.74, 6) is 0.904. The fraction of sp³-hybridized carbons (Fsp3) is 0.462. The Hall–Kier alpha value is -2.82. The third kappa shape index (κ3) is 6.84. The van der Waals surface area contributed by atoms with Crippen LogP contribution < -0.4 is 10.1 Å². The highest BCUT2D eigenvalue weighted by atomic mass is 16.5. The molecule has 1 amide bonds. The van der Waals surface area contributed by atoms with Crippen molar-refractivity contribution in [3.63, 3.8) is 0 Å². The smallest absolute Gasteiger partial charge is 0.243 e. The van der Waals surface area contributed by atoms with E-state index in [2.05, 4.69) is 40.3 Å². The number of ether oxygens (including phenoxy) is 1. The molecule has 1 aromatic carbocycles. The van der Waals surface area contributed by atoms with E-state index in [1.165, 1.54) is 22.3 Å². The molecular formula is C26H35N3O2. The Balaban J connectivity index is 1.53. The summed E-state index contributed by atoms with van der Waals surface area (Å²) in [6.07, 6.45) is 16.8. The van der Waals surface area contributed by atoms with Gasteiger partial charge in [0.05, 0.1) is 13.4 Å². The molecule has 0 aromatic heterocycles. The summed E-state index contributed by atoms with van der Waals surface area (Å²) in [5, 5.41) is 3.02. The molecular weight excluding hydrogens is 386 g/mol. The van der Waals surface area contributed by atoms with Gasteiger partial charge in [-0.2, -0.15) is 0 Å². The summed E-state index contributed by atoms with van der Waals surface area (Å²) in [5.41, 5.74) is 5.34. The molecule has 0 bridgehead atoms. The van der Waals surface area contributed by atoms with Crippen LogP contribution in [0.2, 0.25) is 0 Å². The van der Waals surface area contributed by atoms with E-state index in [9.17, 15) is 4.79 Å². The van der Waals surface area contributed by atoms with E-state index in [4.69, 9.17) is 4.74 Å². The number of methoxy groups -OCH3 is 1. The van der Waals surface area contributed by atoms with Crippen LogP contribution in [0.15, 0.2) is 53.2 Å². The van der Waals surface area contributed by atoms with Crippen molar-refractivity contribution in [2.24, 2.45) is 4.99 Å². The number of nitrogens with zero attached hydrogens (tertiary/aromatic N) is 2. The first kappa shape index (κ1) is 22.9. The number of nitrogens with one attached hydrogen (secondary N) is 1. The average molecular weight is 422 g/mol. The van der Waals surface area contributed by atoms with E-state index < -0.39 is 0 Å². The Morgan fingerprint density at radius 2 is 2.16 bits per heavy atom. The lowest BCUT2D eigenvalue weighted by Crippen LogP contribution is -2.26. The highest BCUT2D eigenvalue weighted by Crippen LogP contribution is 2.36. The Bertz CT molecular complexity index is 867. The maximum atomic E-state index is 12.3. The van der Waals surface area contributed by atoms with Gasteiger partial charge < -0.3 is 15.0 Å². The molecule has 1 N–H and O–H groups in total. The minimum absolute atomic E-state index is 0.00895. The van der Waals surface area contributed by atoms with Crippen LogP contribution in [0.3, 0.4) is 0 Å². The molecule has 0 atom stereocenters. The molecule has 1 aliphatic heterocycles. The zero-order valence-corrected chi connectivity index (χ0v) is 18.9. The van der Waals surface area contributed by atoms with E-state index in [1.54, 1.807) is 13.2 Å². The zero-order valence-electron chi connectivity index (χ0n) is 18.9. The van der Waals surface area contributed by atoms with Gasteiger partial charge in [0.2, 0.25) is 5.91 Å². The summed E-state index contributed by atoms with van der Waals surface area (Å²) in [6, 6.07) is 6.37. The van der Waals surface area contributed by atoms with Crippen molar-refractivity contribution in [2.45, 2.75) is 51.9 Å². The summed E-state index contributed by atoms with van der Waals surface area (Å²) in [4.78, 5) is 18.6. The first-order valence-corrected chi connectivity index (χ1v) is 11.5. The monoisotopic (exact) mass is 421 g/mol. The van der Waals surface area contributed by atoms with Gasteiger partial charge in [-0.3, -0.25) is 4.79 Å². The molecule has 3 rings (SSSR count). The van der Waals surface area contributed by atoms with E-state index in [-0.39, 0.29) is 5.91 Å². The molecule has 0 fully saturated rings. The number of fused-ring (bicyclic) bond motifs is 1.